The number of halogens is 4. The Bertz CT molecular complexity index is 1140. The first-order valence-electron chi connectivity index (χ1n) is 8.48. The van der Waals surface area contributed by atoms with Gasteiger partial charge in [-0.3, -0.25) is 10.2 Å². The predicted molar refractivity (Wildman–Crippen MR) is 126 cm³/mol. The number of nitrogens with zero attached hydrogens (tertiary/aromatic N) is 2. The van der Waals surface area contributed by atoms with Gasteiger partial charge in [0, 0.05) is 11.1 Å². The second-order valence-electron chi connectivity index (χ2n) is 6.01. The van der Waals surface area contributed by atoms with Gasteiger partial charge < -0.3 is 15.0 Å². The molecule has 3 N–H and O–H groups in total. The molecule has 162 valence electrons. The van der Waals surface area contributed by atoms with E-state index in [-0.39, 0.29) is 17.2 Å². The Kier molecular flexibility index (Phi) is 7.47. The average Bonchev–Trinajstić information content (AvgIpc) is 3.06. The van der Waals surface area contributed by atoms with E-state index < -0.39 is 6.09 Å². The van der Waals surface area contributed by atoms with Gasteiger partial charge in [0.15, 0.2) is 11.6 Å². The Hall–Kier alpha value is -2.27. The number of oxime groups is 1. The Balaban J connectivity index is 1.80. The van der Waals surface area contributed by atoms with Gasteiger partial charge in [0.25, 0.3) is 0 Å². The minimum atomic E-state index is -0.912. The third kappa shape index (κ3) is 5.15. The molecule has 1 heterocycles. The van der Waals surface area contributed by atoms with Crippen LogP contribution in [0.3, 0.4) is 0 Å². The first-order valence-corrected chi connectivity index (χ1v) is 10.8. The van der Waals surface area contributed by atoms with Gasteiger partial charge in [-0.2, -0.15) is 0 Å². The van der Waals surface area contributed by atoms with E-state index in [9.17, 15) is 4.79 Å². The molecule has 0 fully saturated rings. The second-order valence-corrected chi connectivity index (χ2v) is 8.54. The van der Waals surface area contributed by atoms with Crippen molar-refractivity contribution >= 4 is 72.7 Å². The molecule has 1 aromatic heterocycles. The third-order valence-electron chi connectivity index (χ3n) is 4.01. The smallest absolute Gasteiger partial charge is 0.438 e. The van der Waals surface area contributed by atoms with E-state index in [1.165, 1.54) is 7.11 Å². The van der Waals surface area contributed by atoms with Crippen molar-refractivity contribution < 1.29 is 18.9 Å². The first-order chi connectivity index (χ1) is 14.7. The fourth-order valence-corrected chi connectivity index (χ4v) is 4.67. The number of carbonyl (C=O) groups excluding carboxylic acids is 1. The molecule has 0 aliphatic carbocycles. The summed E-state index contributed by atoms with van der Waals surface area (Å²) in [4.78, 5) is 17.2. The number of amidine groups is 1. The number of nitrogens with two attached hydrogens (primary N) is 1. The largest absolute Gasteiger partial charge is 0.494 e. The molecular formula is C19H14Br2Cl2N4O4. The Morgan fingerprint density at radius 3 is 2.42 bits per heavy atom. The molecule has 3 rings (SSSR count). The number of carbonyl (C=O) groups is 1. The molecule has 1 amide bonds. The zero-order valence-electron chi connectivity index (χ0n) is 16.0. The number of ether oxygens (including phenoxy) is 1. The summed E-state index contributed by atoms with van der Waals surface area (Å²) in [6.07, 6.45) is -0.912. The molecule has 0 aliphatic heterocycles. The predicted octanol–water partition coefficient (Wildman–Crippen LogP) is 6.36. The summed E-state index contributed by atoms with van der Waals surface area (Å²) in [6.45, 7) is 1.61. The van der Waals surface area contributed by atoms with Crippen LogP contribution in [0.25, 0.3) is 11.3 Å². The van der Waals surface area contributed by atoms with E-state index in [2.05, 4.69) is 47.5 Å². The van der Waals surface area contributed by atoms with Gasteiger partial charge in [0.05, 0.1) is 26.1 Å². The maximum Gasteiger partial charge on any atom is 0.438 e. The molecule has 8 nitrogen and oxygen atoms in total. The lowest BCUT2D eigenvalue weighted by Gasteiger charge is -2.09. The minimum Gasteiger partial charge on any atom is -0.494 e. The van der Waals surface area contributed by atoms with E-state index >= 15 is 0 Å². The van der Waals surface area contributed by atoms with E-state index in [1.807, 2.05) is 0 Å². The Labute approximate surface area is 203 Å². The van der Waals surface area contributed by atoms with Crippen LogP contribution in [-0.4, -0.2) is 24.2 Å². The first kappa shape index (κ1) is 23.4. The van der Waals surface area contributed by atoms with Crippen LogP contribution in [0.15, 0.2) is 49.0 Å². The SMILES string of the molecule is COc1c(Br)cc(/C(N)=N/OC(=O)Nc2c(-c3c(Cl)cccc3Cl)noc2C)cc1Br. The lowest BCUT2D eigenvalue weighted by molar-refractivity contribution is 0.166. The van der Waals surface area contributed by atoms with Gasteiger partial charge >= 0.3 is 6.09 Å². The van der Waals surface area contributed by atoms with E-state index in [1.54, 1.807) is 37.3 Å². The fraction of sp³-hybridized carbons (Fsp3) is 0.105. The van der Waals surface area contributed by atoms with Gasteiger partial charge in [-0.15, -0.1) is 0 Å². The van der Waals surface area contributed by atoms with Crippen LogP contribution >= 0.6 is 55.1 Å². The van der Waals surface area contributed by atoms with E-state index in [4.69, 9.17) is 43.0 Å². The highest BCUT2D eigenvalue weighted by Crippen LogP contribution is 2.39. The van der Waals surface area contributed by atoms with Crippen molar-refractivity contribution in [2.45, 2.75) is 6.92 Å². The van der Waals surface area contributed by atoms with Gasteiger partial charge in [-0.05, 0) is 63.0 Å². The quantitative estimate of drug-likeness (QED) is 0.154. The summed E-state index contributed by atoms with van der Waals surface area (Å²) in [5.41, 5.74) is 7.34. The van der Waals surface area contributed by atoms with Crippen LogP contribution in [0.1, 0.15) is 11.3 Å². The molecule has 0 radical (unpaired) electrons. The number of aromatic nitrogens is 1. The fourth-order valence-electron chi connectivity index (χ4n) is 2.59. The van der Waals surface area contributed by atoms with Gasteiger partial charge in [-0.25, -0.2) is 4.79 Å². The number of nitrogens with one attached hydrogen (secondary N) is 1. The lowest BCUT2D eigenvalue weighted by atomic mass is 10.1. The number of benzene rings is 2. The maximum atomic E-state index is 12.3. The molecular weight excluding hydrogens is 579 g/mol. The average molecular weight is 593 g/mol. The molecule has 12 heteroatoms. The van der Waals surface area contributed by atoms with Crippen molar-refractivity contribution in [1.82, 2.24) is 5.16 Å². The molecule has 0 atom stereocenters. The molecule has 0 bridgehead atoms. The van der Waals surface area contributed by atoms with Crippen LogP contribution in [-0.2, 0) is 4.84 Å². The number of hydrogen-bond donors (Lipinski definition) is 2. The van der Waals surface area contributed by atoms with Crippen molar-refractivity contribution in [1.29, 1.82) is 0 Å². The van der Waals surface area contributed by atoms with Crippen molar-refractivity contribution in [2.24, 2.45) is 10.9 Å². The Morgan fingerprint density at radius 1 is 1.23 bits per heavy atom. The number of amides is 1. The van der Waals surface area contributed by atoms with Crippen molar-refractivity contribution in [3.05, 3.63) is 60.6 Å². The van der Waals surface area contributed by atoms with Crippen LogP contribution < -0.4 is 15.8 Å². The number of rotatable bonds is 5. The second kappa shape index (κ2) is 9.90. The van der Waals surface area contributed by atoms with Crippen LogP contribution in [0.4, 0.5) is 10.5 Å². The molecule has 0 saturated carbocycles. The summed E-state index contributed by atoms with van der Waals surface area (Å²) >= 11 is 19.2. The zero-order valence-corrected chi connectivity index (χ0v) is 20.7. The standard InChI is InChI=1S/C19H14Br2Cl2N4O4/c1-8-15(16(26-30-8)14-12(22)4-3-5-13(14)23)25-19(28)31-27-18(24)9-6-10(20)17(29-2)11(21)7-9/h3-7H,1-2H3,(H2,24,27)(H,25,28). The van der Waals surface area contributed by atoms with Crippen molar-refractivity contribution in [3.63, 3.8) is 0 Å². The highest BCUT2D eigenvalue weighted by Gasteiger charge is 2.22. The van der Waals surface area contributed by atoms with Gasteiger partial charge in [0.2, 0.25) is 0 Å². The van der Waals surface area contributed by atoms with Gasteiger partial charge in [-0.1, -0.05) is 39.6 Å². The molecule has 0 spiro atoms. The summed E-state index contributed by atoms with van der Waals surface area (Å²) in [5.74, 6) is 0.877. The number of hydrogen-bond acceptors (Lipinski definition) is 6. The summed E-state index contributed by atoms with van der Waals surface area (Å²) in [5, 5.41) is 10.8. The summed E-state index contributed by atoms with van der Waals surface area (Å²) in [6, 6.07) is 8.32. The monoisotopic (exact) mass is 590 g/mol. The topological polar surface area (TPSA) is 112 Å². The highest BCUT2D eigenvalue weighted by molar-refractivity contribution is 9.11. The van der Waals surface area contributed by atoms with Crippen molar-refractivity contribution in [2.75, 3.05) is 12.4 Å². The number of methoxy groups -OCH3 is 1. The maximum absolute atomic E-state index is 12.3. The zero-order chi connectivity index (χ0) is 22.7. The molecule has 0 aliphatic rings. The van der Waals surface area contributed by atoms with Gasteiger partial charge in [0.1, 0.15) is 17.1 Å². The minimum absolute atomic E-state index is 0.0318. The highest BCUT2D eigenvalue weighted by atomic mass is 79.9. The normalized spacial score (nSPS) is 11.4. The molecule has 2 aromatic carbocycles. The lowest BCUT2D eigenvalue weighted by Crippen LogP contribution is -2.18. The summed E-state index contributed by atoms with van der Waals surface area (Å²) < 4.78 is 11.7. The molecule has 0 saturated heterocycles. The van der Waals surface area contributed by atoms with Crippen molar-refractivity contribution in [3.8, 4) is 17.0 Å². The van der Waals surface area contributed by atoms with Crippen LogP contribution in [0.5, 0.6) is 5.75 Å². The molecule has 31 heavy (non-hydrogen) atoms. The number of anilines is 1. The van der Waals surface area contributed by atoms with Crippen LogP contribution in [0.2, 0.25) is 10.0 Å². The Morgan fingerprint density at radius 2 is 1.84 bits per heavy atom. The van der Waals surface area contributed by atoms with E-state index in [0.717, 1.165) is 0 Å². The van der Waals surface area contributed by atoms with Crippen LogP contribution in [0, 0.1) is 6.92 Å². The summed E-state index contributed by atoms with van der Waals surface area (Å²) in [7, 11) is 1.53. The molecule has 0 unspecified atom stereocenters. The molecule has 3 aromatic rings. The third-order valence-corrected chi connectivity index (χ3v) is 5.82. The number of aryl methyl sites for hydroxylation is 1. The van der Waals surface area contributed by atoms with E-state index in [0.29, 0.717) is 41.6 Å².